The third-order valence-electron chi connectivity index (χ3n) is 5.06. The molecule has 4 heteroatoms. The minimum Gasteiger partial charge on any atom is -0.457 e. The van der Waals surface area contributed by atoms with E-state index in [1.165, 1.54) is 5.56 Å². The molecular weight excluding hydrogens is 396 g/mol. The van der Waals surface area contributed by atoms with Gasteiger partial charge in [-0.1, -0.05) is 47.5 Å². The summed E-state index contributed by atoms with van der Waals surface area (Å²) < 4.78 is 11.4. The topological polar surface area (TPSA) is 39.4 Å². The molecule has 0 saturated heterocycles. The van der Waals surface area contributed by atoms with Crippen LogP contribution in [-0.2, 0) is 9.53 Å². The van der Waals surface area contributed by atoms with Crippen LogP contribution < -0.4 is 0 Å². The molecule has 2 heterocycles. The van der Waals surface area contributed by atoms with Crippen molar-refractivity contribution >= 4 is 40.2 Å². The van der Waals surface area contributed by atoms with E-state index in [0.29, 0.717) is 27.9 Å². The molecular formula is C26H17ClO3. The number of furan rings is 1. The molecule has 0 saturated carbocycles. The summed E-state index contributed by atoms with van der Waals surface area (Å²) in [5.41, 5.74) is 3.44. The number of halogens is 1. The van der Waals surface area contributed by atoms with Crippen molar-refractivity contribution in [2.75, 3.05) is 0 Å². The normalized spacial score (nSPS) is 14.9. The summed E-state index contributed by atoms with van der Waals surface area (Å²) >= 11 is 5.94. The van der Waals surface area contributed by atoms with Crippen molar-refractivity contribution in [3.63, 3.8) is 0 Å². The number of cyclic esters (lactones) is 1. The smallest absolute Gasteiger partial charge is 0.343 e. The molecule has 1 aliphatic heterocycles. The van der Waals surface area contributed by atoms with E-state index in [2.05, 4.69) is 25.1 Å². The van der Waals surface area contributed by atoms with Gasteiger partial charge in [-0.2, -0.15) is 0 Å². The fourth-order valence-electron chi connectivity index (χ4n) is 3.50. The number of hydrogen-bond donors (Lipinski definition) is 0. The van der Waals surface area contributed by atoms with E-state index < -0.39 is 5.97 Å². The van der Waals surface area contributed by atoms with E-state index in [1.807, 2.05) is 54.6 Å². The van der Waals surface area contributed by atoms with Gasteiger partial charge >= 0.3 is 5.97 Å². The molecule has 0 amide bonds. The average molecular weight is 413 g/mol. The van der Waals surface area contributed by atoms with Crippen molar-refractivity contribution in [1.82, 2.24) is 0 Å². The fourth-order valence-corrected chi connectivity index (χ4v) is 3.63. The van der Waals surface area contributed by atoms with Crippen LogP contribution in [0.3, 0.4) is 0 Å². The van der Waals surface area contributed by atoms with Gasteiger partial charge in [0.15, 0.2) is 0 Å². The Labute approximate surface area is 178 Å². The minimum atomic E-state index is -0.390. The molecule has 3 aromatic carbocycles. The number of hydrogen-bond acceptors (Lipinski definition) is 3. The summed E-state index contributed by atoms with van der Waals surface area (Å²) in [5.74, 6) is 1.44. The van der Waals surface area contributed by atoms with Gasteiger partial charge in [-0.15, -0.1) is 0 Å². The van der Waals surface area contributed by atoms with E-state index in [4.69, 9.17) is 20.8 Å². The largest absolute Gasteiger partial charge is 0.457 e. The van der Waals surface area contributed by atoms with Gasteiger partial charge in [0, 0.05) is 16.1 Å². The number of carbonyl (C=O) groups excluding carboxylic acids is 1. The highest BCUT2D eigenvalue weighted by Crippen LogP contribution is 2.31. The third-order valence-corrected chi connectivity index (χ3v) is 5.31. The number of benzene rings is 3. The maximum Gasteiger partial charge on any atom is 0.343 e. The molecule has 0 N–H and O–H groups in total. The Morgan fingerprint density at radius 1 is 0.833 bits per heavy atom. The molecule has 0 radical (unpaired) electrons. The number of rotatable bonds is 3. The highest BCUT2D eigenvalue weighted by molar-refractivity contribution is 6.30. The second-order valence-electron chi connectivity index (χ2n) is 7.27. The zero-order valence-corrected chi connectivity index (χ0v) is 16.9. The van der Waals surface area contributed by atoms with E-state index in [0.717, 1.165) is 21.9 Å². The summed E-state index contributed by atoms with van der Waals surface area (Å²) in [7, 11) is 0. The maximum atomic E-state index is 12.4. The first-order valence-electron chi connectivity index (χ1n) is 9.57. The first kappa shape index (κ1) is 18.5. The zero-order valence-electron chi connectivity index (χ0n) is 16.2. The van der Waals surface area contributed by atoms with E-state index in [1.54, 1.807) is 12.2 Å². The van der Waals surface area contributed by atoms with Crippen LogP contribution in [0.5, 0.6) is 0 Å². The van der Waals surface area contributed by atoms with Crippen molar-refractivity contribution in [2.45, 2.75) is 6.92 Å². The predicted octanol–water partition coefficient (Wildman–Crippen LogP) is 7.04. The Morgan fingerprint density at radius 2 is 1.57 bits per heavy atom. The van der Waals surface area contributed by atoms with Crippen LogP contribution >= 0.6 is 11.6 Å². The summed E-state index contributed by atoms with van der Waals surface area (Å²) in [6, 6.07) is 23.4. The van der Waals surface area contributed by atoms with Crippen molar-refractivity contribution in [3.05, 3.63) is 106 Å². The molecule has 146 valence electrons. The highest BCUT2D eigenvalue weighted by atomic mass is 35.5. The first-order chi connectivity index (χ1) is 14.5. The van der Waals surface area contributed by atoms with Gasteiger partial charge in [0.1, 0.15) is 17.3 Å². The summed E-state index contributed by atoms with van der Waals surface area (Å²) in [6.45, 7) is 2.07. The molecule has 1 aliphatic rings. The molecule has 0 bridgehead atoms. The zero-order chi connectivity index (χ0) is 20.7. The lowest BCUT2D eigenvalue weighted by Crippen LogP contribution is -1.97. The van der Waals surface area contributed by atoms with Gasteiger partial charge in [0.05, 0.1) is 5.57 Å². The van der Waals surface area contributed by atoms with E-state index in [9.17, 15) is 4.79 Å². The van der Waals surface area contributed by atoms with E-state index in [-0.39, 0.29) is 0 Å². The van der Waals surface area contributed by atoms with Gasteiger partial charge in [0.2, 0.25) is 0 Å². The first-order valence-corrected chi connectivity index (χ1v) is 9.95. The summed E-state index contributed by atoms with van der Waals surface area (Å²) in [6.07, 6.45) is 3.45. The van der Waals surface area contributed by atoms with Crippen molar-refractivity contribution in [1.29, 1.82) is 0 Å². The number of ether oxygens (including phenoxy) is 1. The second-order valence-corrected chi connectivity index (χ2v) is 7.71. The Kier molecular flexibility index (Phi) is 4.53. The molecule has 1 aromatic heterocycles. The lowest BCUT2D eigenvalue weighted by molar-refractivity contribution is -0.130. The number of esters is 1. The Balaban J connectivity index is 1.44. The minimum absolute atomic E-state index is 0.390. The summed E-state index contributed by atoms with van der Waals surface area (Å²) in [5, 5.41) is 2.93. The van der Waals surface area contributed by atoms with Gasteiger partial charge < -0.3 is 9.15 Å². The molecule has 0 spiro atoms. The van der Waals surface area contributed by atoms with Crippen LogP contribution in [0.1, 0.15) is 16.9 Å². The van der Waals surface area contributed by atoms with Crippen LogP contribution in [-0.4, -0.2) is 5.97 Å². The van der Waals surface area contributed by atoms with E-state index >= 15 is 0 Å². The summed E-state index contributed by atoms with van der Waals surface area (Å²) in [4.78, 5) is 12.4. The Bertz CT molecular complexity index is 1340. The number of fused-ring (bicyclic) bond motifs is 1. The average Bonchev–Trinajstić information content (AvgIpc) is 3.35. The number of aryl methyl sites for hydroxylation is 1. The van der Waals surface area contributed by atoms with Crippen LogP contribution in [0.4, 0.5) is 0 Å². The van der Waals surface area contributed by atoms with Crippen LogP contribution in [0, 0.1) is 6.92 Å². The molecule has 4 aromatic rings. The molecule has 0 aliphatic carbocycles. The monoisotopic (exact) mass is 412 g/mol. The van der Waals surface area contributed by atoms with Crippen LogP contribution in [0.2, 0.25) is 5.02 Å². The number of carbonyl (C=O) groups is 1. The fraction of sp³-hybridized carbons (Fsp3) is 0.0385. The van der Waals surface area contributed by atoms with Gasteiger partial charge in [0.25, 0.3) is 0 Å². The Hall–Kier alpha value is -3.56. The second kappa shape index (κ2) is 7.36. The molecule has 3 nitrogen and oxygen atoms in total. The lowest BCUT2D eigenvalue weighted by atomic mass is 10.0. The molecule has 0 atom stereocenters. The Morgan fingerprint density at radius 3 is 2.40 bits per heavy atom. The lowest BCUT2D eigenvalue weighted by Gasteiger charge is -2.05. The molecule has 5 rings (SSSR count). The van der Waals surface area contributed by atoms with Crippen molar-refractivity contribution in [2.24, 2.45) is 0 Å². The van der Waals surface area contributed by atoms with Crippen molar-refractivity contribution in [3.8, 4) is 11.3 Å². The molecule has 0 unspecified atom stereocenters. The van der Waals surface area contributed by atoms with Crippen LogP contribution in [0.25, 0.3) is 33.9 Å². The molecule has 0 fully saturated rings. The quantitative estimate of drug-likeness (QED) is 0.267. The predicted molar refractivity (Wildman–Crippen MR) is 120 cm³/mol. The SMILES string of the molecule is Cc1ccc2cc(C3=C/C(=C/c4ccc(-c5ccc(Cl)cc5)o4)C(=O)O3)ccc2c1. The van der Waals surface area contributed by atoms with Crippen molar-refractivity contribution < 1.29 is 13.9 Å². The standard InChI is InChI=1S/C26H17ClO3/c1-16-2-3-19-13-20(5-4-18(19)12-16)25-15-21(26(28)30-25)14-23-10-11-24(29-23)17-6-8-22(27)9-7-17/h2-15H,1H3/b21-14-. The van der Waals surface area contributed by atoms with Gasteiger partial charge in [-0.05, 0) is 72.3 Å². The van der Waals surface area contributed by atoms with Crippen LogP contribution in [0.15, 0.2) is 88.9 Å². The maximum absolute atomic E-state index is 12.4. The van der Waals surface area contributed by atoms with Gasteiger partial charge in [-0.25, -0.2) is 4.79 Å². The third kappa shape index (κ3) is 3.56. The molecule has 30 heavy (non-hydrogen) atoms. The highest BCUT2D eigenvalue weighted by Gasteiger charge is 2.22. The van der Waals surface area contributed by atoms with Gasteiger partial charge in [-0.3, -0.25) is 0 Å².